The number of halogens is 1. The van der Waals surface area contributed by atoms with Crippen molar-refractivity contribution in [3.8, 4) is 0 Å². The lowest BCUT2D eigenvalue weighted by molar-refractivity contribution is -0.129. The molecule has 9 heteroatoms. The Morgan fingerprint density at radius 3 is 2.48 bits per heavy atom. The van der Waals surface area contributed by atoms with E-state index in [1.54, 1.807) is 25.4 Å². The molecule has 0 aliphatic rings. The summed E-state index contributed by atoms with van der Waals surface area (Å²) in [4.78, 5) is 31.1. The lowest BCUT2D eigenvalue weighted by Gasteiger charge is -2.25. The summed E-state index contributed by atoms with van der Waals surface area (Å²) in [6.07, 6.45) is 0.875. The second-order valence-corrected chi connectivity index (χ2v) is 7.84. The van der Waals surface area contributed by atoms with Crippen LogP contribution in [0.3, 0.4) is 0 Å². The minimum absolute atomic E-state index is 0. The van der Waals surface area contributed by atoms with Gasteiger partial charge in [0.1, 0.15) is 6.54 Å². The van der Waals surface area contributed by atoms with Gasteiger partial charge in [-0.2, -0.15) is 0 Å². The normalized spacial score (nSPS) is 11.4. The average molecular weight is 509 g/mol. The van der Waals surface area contributed by atoms with E-state index in [1.807, 2.05) is 32.2 Å². The molecule has 2 amide bonds. The fourth-order valence-electron chi connectivity index (χ4n) is 2.01. The van der Waals surface area contributed by atoms with Crippen molar-refractivity contribution in [1.29, 1.82) is 0 Å². The van der Waals surface area contributed by atoms with E-state index in [1.165, 1.54) is 9.78 Å². The number of likely N-dealkylation sites (N-methyl/N-ethyl adjacent to an activating group) is 1. The van der Waals surface area contributed by atoms with E-state index < -0.39 is 5.41 Å². The van der Waals surface area contributed by atoms with Gasteiger partial charge >= 0.3 is 0 Å². The number of thiophene rings is 1. The average Bonchev–Trinajstić information content (AvgIpc) is 3.10. The van der Waals surface area contributed by atoms with Gasteiger partial charge in [0.15, 0.2) is 5.96 Å². The number of aliphatic imine (C=N–C) groups is 1. The fraction of sp³-hybridized carbons (Fsp3) is 0.611. The second kappa shape index (κ2) is 12.9. The smallest absolute Gasteiger partial charge is 0.243 e. The second-order valence-electron chi connectivity index (χ2n) is 6.81. The molecule has 0 bridgehead atoms. The molecule has 0 spiro atoms. The summed E-state index contributed by atoms with van der Waals surface area (Å²) in [6, 6.07) is 4.11. The summed E-state index contributed by atoms with van der Waals surface area (Å²) in [6.45, 7) is 7.41. The number of nitrogens with one attached hydrogen (secondary N) is 3. The Morgan fingerprint density at radius 2 is 1.93 bits per heavy atom. The molecule has 0 saturated heterocycles. The molecule has 154 valence electrons. The molecule has 0 saturated carbocycles. The summed E-state index contributed by atoms with van der Waals surface area (Å²) in [5, 5.41) is 11.3. The van der Waals surface area contributed by atoms with E-state index in [0.717, 1.165) is 6.42 Å². The number of carbonyl (C=O) groups is 2. The van der Waals surface area contributed by atoms with Gasteiger partial charge in [0.05, 0.1) is 5.41 Å². The van der Waals surface area contributed by atoms with Crippen molar-refractivity contribution in [2.75, 3.05) is 40.3 Å². The Balaban J connectivity index is 0.00000676. The van der Waals surface area contributed by atoms with Crippen LogP contribution < -0.4 is 16.0 Å². The molecule has 7 nitrogen and oxygen atoms in total. The lowest BCUT2D eigenvalue weighted by atomic mass is 9.92. The van der Waals surface area contributed by atoms with E-state index in [2.05, 4.69) is 27.0 Å². The fourth-order valence-corrected chi connectivity index (χ4v) is 2.72. The van der Waals surface area contributed by atoms with Gasteiger partial charge < -0.3 is 20.9 Å². The highest BCUT2D eigenvalue weighted by Crippen LogP contribution is 2.13. The number of guanidine groups is 1. The van der Waals surface area contributed by atoms with Crippen LogP contribution in [-0.4, -0.2) is 62.9 Å². The summed E-state index contributed by atoms with van der Waals surface area (Å²) in [7, 11) is 3.40. The molecule has 3 N–H and O–H groups in total. The number of rotatable bonds is 9. The van der Waals surface area contributed by atoms with Gasteiger partial charge in [-0.3, -0.25) is 9.59 Å². The van der Waals surface area contributed by atoms with Crippen molar-refractivity contribution in [3.05, 3.63) is 22.4 Å². The molecule has 0 aliphatic heterocycles. The molecule has 0 fully saturated rings. The van der Waals surface area contributed by atoms with Crippen molar-refractivity contribution >= 4 is 53.1 Å². The predicted octanol–water partition coefficient (Wildman–Crippen LogP) is 1.69. The van der Waals surface area contributed by atoms with Crippen LogP contribution in [0, 0.1) is 5.41 Å². The molecule has 0 aromatic carbocycles. The van der Waals surface area contributed by atoms with Crippen LogP contribution in [0.2, 0.25) is 0 Å². The highest BCUT2D eigenvalue weighted by Gasteiger charge is 2.27. The molecule has 1 heterocycles. The molecular formula is C18H32IN5O2S. The molecule has 27 heavy (non-hydrogen) atoms. The molecule has 0 radical (unpaired) electrons. The maximum atomic E-state index is 12.1. The Kier molecular flexibility index (Phi) is 12.3. The minimum Gasteiger partial charge on any atom is -0.356 e. The van der Waals surface area contributed by atoms with Gasteiger partial charge in [0, 0.05) is 38.6 Å². The first-order chi connectivity index (χ1) is 12.3. The van der Waals surface area contributed by atoms with Crippen LogP contribution in [0.1, 0.15) is 25.6 Å². The summed E-state index contributed by atoms with van der Waals surface area (Å²) >= 11 is 1.71. The largest absolute Gasteiger partial charge is 0.356 e. The number of nitrogens with zero attached hydrogens (tertiary/aromatic N) is 2. The third-order valence-corrected chi connectivity index (χ3v) is 4.70. The van der Waals surface area contributed by atoms with E-state index in [4.69, 9.17) is 0 Å². The van der Waals surface area contributed by atoms with Crippen LogP contribution >= 0.6 is 35.3 Å². The molecule has 1 rings (SSSR count). The first kappa shape index (κ1) is 25.6. The van der Waals surface area contributed by atoms with Crippen LogP contribution in [-0.2, 0) is 16.0 Å². The summed E-state index contributed by atoms with van der Waals surface area (Å²) in [5.74, 6) is 0.441. The molecule has 0 aliphatic carbocycles. The van der Waals surface area contributed by atoms with Crippen LogP contribution in [0.15, 0.2) is 22.5 Å². The zero-order valence-electron chi connectivity index (χ0n) is 16.8. The van der Waals surface area contributed by atoms with Gasteiger partial charge in [0.25, 0.3) is 0 Å². The van der Waals surface area contributed by atoms with Crippen molar-refractivity contribution in [3.63, 3.8) is 0 Å². The lowest BCUT2D eigenvalue weighted by Crippen LogP contribution is -2.48. The maximum Gasteiger partial charge on any atom is 0.243 e. The minimum atomic E-state index is -0.586. The standard InChI is InChI=1S/C18H31N5O2S.HI/c1-6-19-16(25)18(2,3)13-22-17(21-12-15(24)23(4)5)20-10-9-14-8-7-11-26-14;/h7-8,11H,6,9-10,12-13H2,1-5H3,(H,19,25)(H2,20,21,22);1H. The Morgan fingerprint density at radius 1 is 1.22 bits per heavy atom. The molecule has 0 atom stereocenters. The van der Waals surface area contributed by atoms with Crippen molar-refractivity contribution in [2.24, 2.45) is 10.4 Å². The summed E-state index contributed by atoms with van der Waals surface area (Å²) < 4.78 is 0. The summed E-state index contributed by atoms with van der Waals surface area (Å²) in [5.41, 5.74) is -0.586. The Bertz CT molecular complexity index is 603. The predicted molar refractivity (Wildman–Crippen MR) is 123 cm³/mol. The Labute approximate surface area is 183 Å². The monoisotopic (exact) mass is 509 g/mol. The molecule has 1 aromatic heterocycles. The van der Waals surface area contributed by atoms with Gasteiger partial charge in [-0.15, -0.1) is 35.3 Å². The highest BCUT2D eigenvalue weighted by atomic mass is 127. The van der Waals surface area contributed by atoms with Crippen molar-refractivity contribution < 1.29 is 9.59 Å². The maximum absolute atomic E-state index is 12.1. The zero-order valence-corrected chi connectivity index (χ0v) is 19.9. The number of carbonyl (C=O) groups excluding carboxylic acids is 2. The topological polar surface area (TPSA) is 85.8 Å². The van der Waals surface area contributed by atoms with Gasteiger partial charge in [-0.25, -0.2) is 4.99 Å². The van der Waals surface area contributed by atoms with Crippen molar-refractivity contribution in [2.45, 2.75) is 27.2 Å². The van der Waals surface area contributed by atoms with Crippen LogP contribution in [0.25, 0.3) is 0 Å². The molecule has 1 aromatic rings. The zero-order chi connectivity index (χ0) is 19.6. The van der Waals surface area contributed by atoms with Crippen molar-refractivity contribution in [1.82, 2.24) is 20.9 Å². The van der Waals surface area contributed by atoms with E-state index in [0.29, 0.717) is 25.6 Å². The highest BCUT2D eigenvalue weighted by molar-refractivity contribution is 14.0. The van der Waals surface area contributed by atoms with Crippen LogP contribution in [0.5, 0.6) is 0 Å². The molecular weight excluding hydrogens is 477 g/mol. The SMILES string of the molecule is CCNC(=O)C(C)(C)CNC(=NCC(=O)N(C)C)NCCc1cccs1.I. The third kappa shape index (κ3) is 9.94. The first-order valence-electron chi connectivity index (χ1n) is 8.79. The van der Waals surface area contributed by atoms with Crippen LogP contribution in [0.4, 0.5) is 0 Å². The van der Waals surface area contributed by atoms with Gasteiger partial charge in [0.2, 0.25) is 11.8 Å². The van der Waals surface area contributed by atoms with E-state index in [9.17, 15) is 9.59 Å². The Hall–Kier alpha value is -1.36. The first-order valence-corrected chi connectivity index (χ1v) is 9.67. The third-order valence-electron chi connectivity index (χ3n) is 3.76. The quantitative estimate of drug-likeness (QED) is 0.269. The van der Waals surface area contributed by atoms with Gasteiger partial charge in [-0.1, -0.05) is 6.07 Å². The van der Waals surface area contributed by atoms with Gasteiger partial charge in [-0.05, 0) is 38.6 Å². The molecule has 0 unspecified atom stereocenters. The number of amides is 2. The number of hydrogen-bond donors (Lipinski definition) is 3. The number of hydrogen-bond acceptors (Lipinski definition) is 4. The van der Waals surface area contributed by atoms with E-state index >= 15 is 0 Å². The van der Waals surface area contributed by atoms with E-state index in [-0.39, 0.29) is 42.3 Å².